The van der Waals surface area contributed by atoms with Crippen LogP contribution in [0.25, 0.3) is 0 Å². The number of hydrogen-bond acceptors (Lipinski definition) is 2. The summed E-state index contributed by atoms with van der Waals surface area (Å²) in [6.45, 7) is 8.00. The van der Waals surface area contributed by atoms with E-state index in [9.17, 15) is 0 Å². The third-order valence-electron chi connectivity index (χ3n) is 2.69. The van der Waals surface area contributed by atoms with E-state index in [1.807, 2.05) is 7.05 Å². The molecule has 0 aromatic carbocycles. The van der Waals surface area contributed by atoms with E-state index in [-0.39, 0.29) is 24.0 Å². The van der Waals surface area contributed by atoms with Crippen molar-refractivity contribution in [2.45, 2.75) is 33.1 Å². The SMILES string of the molecule is CN=C(NCCCOCC(C)C)NCC1CC1.I. The molecule has 1 aliphatic carbocycles. The lowest BCUT2D eigenvalue weighted by Crippen LogP contribution is -2.39. The molecule has 0 unspecified atom stereocenters. The van der Waals surface area contributed by atoms with Gasteiger partial charge in [0.1, 0.15) is 0 Å². The predicted octanol–water partition coefficient (Wildman–Crippen LogP) is 2.24. The monoisotopic (exact) mass is 369 g/mol. The summed E-state index contributed by atoms with van der Waals surface area (Å²) >= 11 is 0. The molecule has 108 valence electrons. The Hall–Kier alpha value is -0.0400. The van der Waals surface area contributed by atoms with Crippen LogP contribution in [0, 0.1) is 11.8 Å². The van der Waals surface area contributed by atoms with Crippen LogP contribution in [0.15, 0.2) is 4.99 Å². The average molecular weight is 369 g/mol. The minimum atomic E-state index is 0. The number of rotatable bonds is 8. The standard InChI is InChI=1S/C13H27N3O.HI/c1-11(2)10-17-8-4-7-15-13(14-3)16-9-12-5-6-12;/h11-12H,4-10H2,1-3H3,(H2,14,15,16);1H. The van der Waals surface area contributed by atoms with Crippen molar-refractivity contribution in [2.24, 2.45) is 16.8 Å². The molecule has 0 saturated heterocycles. The van der Waals surface area contributed by atoms with Crippen molar-refractivity contribution in [3.8, 4) is 0 Å². The quantitative estimate of drug-likeness (QED) is 0.299. The second-order valence-corrected chi connectivity index (χ2v) is 5.15. The molecule has 0 bridgehead atoms. The lowest BCUT2D eigenvalue weighted by atomic mass is 10.2. The Kier molecular flexibility index (Phi) is 10.8. The minimum Gasteiger partial charge on any atom is -0.381 e. The summed E-state index contributed by atoms with van der Waals surface area (Å²) in [5, 5.41) is 6.64. The highest BCUT2D eigenvalue weighted by Gasteiger charge is 2.20. The zero-order valence-electron chi connectivity index (χ0n) is 11.9. The van der Waals surface area contributed by atoms with Crippen molar-refractivity contribution < 1.29 is 4.74 Å². The number of nitrogens with one attached hydrogen (secondary N) is 2. The largest absolute Gasteiger partial charge is 0.381 e. The summed E-state index contributed by atoms with van der Waals surface area (Å²) in [6.07, 6.45) is 3.76. The molecule has 0 aliphatic heterocycles. The van der Waals surface area contributed by atoms with Gasteiger partial charge in [0.15, 0.2) is 5.96 Å². The Morgan fingerprint density at radius 3 is 2.61 bits per heavy atom. The Balaban J connectivity index is 0.00000289. The van der Waals surface area contributed by atoms with Gasteiger partial charge in [-0.1, -0.05) is 13.8 Å². The van der Waals surface area contributed by atoms with Crippen LogP contribution in [0.5, 0.6) is 0 Å². The fourth-order valence-corrected chi connectivity index (χ4v) is 1.48. The Morgan fingerprint density at radius 1 is 1.33 bits per heavy atom. The van der Waals surface area contributed by atoms with Gasteiger partial charge in [-0.2, -0.15) is 0 Å². The lowest BCUT2D eigenvalue weighted by molar-refractivity contribution is 0.108. The minimum absolute atomic E-state index is 0. The number of guanidine groups is 1. The molecule has 18 heavy (non-hydrogen) atoms. The molecule has 0 spiro atoms. The fourth-order valence-electron chi connectivity index (χ4n) is 1.48. The zero-order valence-corrected chi connectivity index (χ0v) is 14.2. The van der Waals surface area contributed by atoms with Gasteiger partial charge in [0, 0.05) is 33.4 Å². The smallest absolute Gasteiger partial charge is 0.190 e. The van der Waals surface area contributed by atoms with Crippen molar-refractivity contribution >= 4 is 29.9 Å². The van der Waals surface area contributed by atoms with Crippen LogP contribution in [0.4, 0.5) is 0 Å². The van der Waals surface area contributed by atoms with Gasteiger partial charge in [0.05, 0.1) is 0 Å². The van der Waals surface area contributed by atoms with E-state index in [0.717, 1.165) is 44.6 Å². The Morgan fingerprint density at radius 2 is 2.06 bits per heavy atom. The van der Waals surface area contributed by atoms with Crippen LogP contribution < -0.4 is 10.6 Å². The van der Waals surface area contributed by atoms with Crippen molar-refractivity contribution in [1.29, 1.82) is 0 Å². The summed E-state index contributed by atoms with van der Waals surface area (Å²) in [7, 11) is 1.82. The zero-order chi connectivity index (χ0) is 12.5. The van der Waals surface area contributed by atoms with Crippen LogP contribution in [-0.4, -0.2) is 39.3 Å². The molecule has 1 aliphatic rings. The third kappa shape index (κ3) is 9.94. The maximum atomic E-state index is 5.52. The highest BCUT2D eigenvalue weighted by molar-refractivity contribution is 14.0. The first-order valence-electron chi connectivity index (χ1n) is 6.74. The average Bonchev–Trinajstić information content (AvgIpc) is 3.10. The van der Waals surface area contributed by atoms with Crippen LogP contribution in [-0.2, 0) is 4.74 Å². The number of nitrogens with zero attached hydrogens (tertiary/aromatic N) is 1. The highest BCUT2D eigenvalue weighted by atomic mass is 127. The van der Waals surface area contributed by atoms with Crippen molar-refractivity contribution in [2.75, 3.05) is 33.4 Å². The van der Waals surface area contributed by atoms with E-state index in [1.54, 1.807) is 0 Å². The molecule has 0 atom stereocenters. The second kappa shape index (κ2) is 10.8. The van der Waals surface area contributed by atoms with Crippen LogP contribution in [0.3, 0.4) is 0 Å². The molecule has 0 amide bonds. The molecule has 4 nitrogen and oxygen atoms in total. The van der Waals surface area contributed by atoms with Crippen LogP contribution >= 0.6 is 24.0 Å². The second-order valence-electron chi connectivity index (χ2n) is 5.15. The van der Waals surface area contributed by atoms with E-state index in [0.29, 0.717) is 5.92 Å². The molecule has 1 saturated carbocycles. The number of aliphatic imine (C=N–C) groups is 1. The Labute approximate surface area is 128 Å². The van der Waals surface area contributed by atoms with Crippen molar-refractivity contribution in [3.63, 3.8) is 0 Å². The molecule has 5 heteroatoms. The molecule has 0 aromatic rings. The molecule has 0 radical (unpaired) electrons. The normalized spacial score (nSPS) is 15.4. The van der Waals surface area contributed by atoms with Gasteiger partial charge in [-0.3, -0.25) is 4.99 Å². The fraction of sp³-hybridized carbons (Fsp3) is 0.923. The number of ether oxygens (including phenoxy) is 1. The first-order valence-corrected chi connectivity index (χ1v) is 6.74. The summed E-state index contributed by atoms with van der Waals surface area (Å²) < 4.78 is 5.52. The van der Waals surface area contributed by atoms with E-state index in [1.165, 1.54) is 12.8 Å². The molecule has 0 aromatic heterocycles. The van der Waals surface area contributed by atoms with Crippen LogP contribution in [0.1, 0.15) is 33.1 Å². The summed E-state index contributed by atoms with van der Waals surface area (Å²) in [5.41, 5.74) is 0. The van der Waals surface area contributed by atoms with Gasteiger partial charge in [0.25, 0.3) is 0 Å². The van der Waals surface area contributed by atoms with Gasteiger partial charge < -0.3 is 15.4 Å². The predicted molar refractivity (Wildman–Crippen MR) is 87.8 cm³/mol. The Bertz CT molecular complexity index is 230. The van der Waals surface area contributed by atoms with Gasteiger partial charge >= 0.3 is 0 Å². The summed E-state index contributed by atoms with van der Waals surface area (Å²) in [6, 6.07) is 0. The maximum Gasteiger partial charge on any atom is 0.190 e. The van der Waals surface area contributed by atoms with Gasteiger partial charge in [-0.05, 0) is 31.1 Å². The third-order valence-corrected chi connectivity index (χ3v) is 2.69. The van der Waals surface area contributed by atoms with E-state index in [2.05, 4.69) is 29.5 Å². The molecule has 2 N–H and O–H groups in total. The maximum absolute atomic E-state index is 5.52. The first kappa shape index (κ1) is 18.0. The summed E-state index contributed by atoms with van der Waals surface area (Å²) in [4.78, 5) is 4.19. The molecular weight excluding hydrogens is 341 g/mol. The van der Waals surface area contributed by atoms with Gasteiger partial charge in [-0.25, -0.2) is 0 Å². The molecular formula is C13H28IN3O. The first-order chi connectivity index (χ1) is 8.22. The van der Waals surface area contributed by atoms with Crippen molar-refractivity contribution in [3.05, 3.63) is 0 Å². The van der Waals surface area contributed by atoms with Crippen LogP contribution in [0.2, 0.25) is 0 Å². The van der Waals surface area contributed by atoms with E-state index in [4.69, 9.17) is 4.74 Å². The van der Waals surface area contributed by atoms with Gasteiger partial charge in [0.2, 0.25) is 0 Å². The number of hydrogen-bond donors (Lipinski definition) is 2. The number of halogens is 1. The van der Waals surface area contributed by atoms with Crippen molar-refractivity contribution in [1.82, 2.24) is 10.6 Å². The summed E-state index contributed by atoms with van der Waals surface area (Å²) in [5.74, 6) is 2.42. The molecule has 0 heterocycles. The highest BCUT2D eigenvalue weighted by Crippen LogP contribution is 2.27. The van der Waals surface area contributed by atoms with E-state index < -0.39 is 0 Å². The topological polar surface area (TPSA) is 45.7 Å². The van der Waals surface area contributed by atoms with E-state index >= 15 is 0 Å². The molecule has 1 rings (SSSR count). The lowest BCUT2D eigenvalue weighted by Gasteiger charge is -2.11. The molecule has 1 fully saturated rings. The van der Waals surface area contributed by atoms with Gasteiger partial charge in [-0.15, -0.1) is 24.0 Å².